The second-order valence-electron chi connectivity index (χ2n) is 3.94. The Bertz CT molecular complexity index is 214. The molecule has 0 aromatic rings. The molecule has 0 saturated carbocycles. The molecule has 0 radical (unpaired) electrons. The van der Waals surface area contributed by atoms with Gasteiger partial charge < -0.3 is 10.2 Å². The van der Waals surface area contributed by atoms with E-state index in [4.69, 9.17) is 12.2 Å². The summed E-state index contributed by atoms with van der Waals surface area (Å²) in [6, 6.07) is -0.239. The number of alkyl halides is 3. The summed E-state index contributed by atoms with van der Waals surface area (Å²) in [5, 5.41) is 2.95. The van der Waals surface area contributed by atoms with Crippen LogP contribution in [-0.2, 0) is 0 Å². The number of nitrogens with zero attached hydrogens (tertiary/aromatic N) is 1. The summed E-state index contributed by atoms with van der Waals surface area (Å²) in [6.07, 6.45) is -4.23. The average Bonchev–Trinajstić information content (AvgIpc) is 1.96. The van der Waals surface area contributed by atoms with Crippen molar-refractivity contribution in [3.8, 4) is 0 Å². The van der Waals surface area contributed by atoms with Gasteiger partial charge in [-0.3, -0.25) is 0 Å². The van der Waals surface area contributed by atoms with Crippen LogP contribution in [0, 0.1) is 0 Å². The van der Waals surface area contributed by atoms with Gasteiger partial charge in [0.1, 0.15) is 6.54 Å². The van der Waals surface area contributed by atoms with E-state index in [1.54, 1.807) is 13.8 Å². The number of nitrogens with one attached hydrogen (secondary N) is 1. The van der Waals surface area contributed by atoms with Crippen LogP contribution < -0.4 is 5.32 Å². The van der Waals surface area contributed by atoms with Crippen molar-refractivity contribution in [3.05, 3.63) is 0 Å². The second kappa shape index (κ2) is 5.53. The van der Waals surface area contributed by atoms with Gasteiger partial charge in [0.2, 0.25) is 0 Å². The smallest absolute Gasteiger partial charge is 0.360 e. The van der Waals surface area contributed by atoms with Crippen LogP contribution in [0.3, 0.4) is 0 Å². The summed E-state index contributed by atoms with van der Waals surface area (Å²) >= 11 is 4.91. The number of thiocarbonyl (C=S) groups is 1. The number of halogens is 3. The van der Waals surface area contributed by atoms with Crippen molar-refractivity contribution >= 4 is 17.3 Å². The van der Waals surface area contributed by atoms with E-state index in [9.17, 15) is 13.2 Å². The maximum atomic E-state index is 12.2. The largest absolute Gasteiger partial charge is 0.406 e. The van der Waals surface area contributed by atoms with E-state index < -0.39 is 12.7 Å². The van der Waals surface area contributed by atoms with Gasteiger partial charge in [0.05, 0.1) is 0 Å². The monoisotopic (exact) mass is 242 g/mol. The van der Waals surface area contributed by atoms with Crippen molar-refractivity contribution in [2.45, 2.75) is 46.0 Å². The lowest BCUT2D eigenvalue weighted by molar-refractivity contribution is -0.140. The normalized spacial score (nSPS) is 12.1. The predicted molar refractivity (Wildman–Crippen MR) is 58.8 cm³/mol. The highest BCUT2D eigenvalue weighted by molar-refractivity contribution is 7.80. The molecule has 0 aliphatic carbocycles. The Kier molecular flexibility index (Phi) is 5.34. The highest BCUT2D eigenvalue weighted by atomic mass is 32.1. The minimum atomic E-state index is -4.23. The van der Waals surface area contributed by atoms with Crippen molar-refractivity contribution in [2.75, 3.05) is 6.54 Å². The Morgan fingerprint density at radius 2 is 1.73 bits per heavy atom. The van der Waals surface area contributed by atoms with E-state index in [0.717, 1.165) is 4.90 Å². The Labute approximate surface area is 93.8 Å². The molecule has 0 spiro atoms. The SMILES string of the molecule is CC(C)NC(=S)N(CC(F)(F)F)C(C)C. The summed E-state index contributed by atoms with van der Waals surface area (Å²) in [5.41, 5.74) is 0. The minimum Gasteiger partial charge on any atom is -0.360 e. The zero-order valence-corrected chi connectivity index (χ0v) is 10.2. The highest BCUT2D eigenvalue weighted by Gasteiger charge is 2.33. The average molecular weight is 242 g/mol. The summed E-state index contributed by atoms with van der Waals surface area (Å²) < 4.78 is 36.7. The van der Waals surface area contributed by atoms with Gasteiger partial charge in [0.25, 0.3) is 0 Å². The fourth-order valence-corrected chi connectivity index (χ4v) is 1.52. The molecule has 0 aromatic heterocycles. The topological polar surface area (TPSA) is 15.3 Å². The summed E-state index contributed by atoms with van der Waals surface area (Å²) in [4.78, 5) is 1.13. The first kappa shape index (κ1) is 14.5. The van der Waals surface area contributed by atoms with Gasteiger partial charge in [-0.2, -0.15) is 13.2 Å². The fourth-order valence-electron chi connectivity index (χ4n) is 1.01. The molecule has 0 heterocycles. The van der Waals surface area contributed by atoms with E-state index in [0.29, 0.717) is 0 Å². The summed E-state index contributed by atoms with van der Waals surface area (Å²) in [7, 11) is 0. The lowest BCUT2D eigenvalue weighted by Gasteiger charge is -2.31. The first-order valence-electron chi connectivity index (χ1n) is 4.77. The van der Waals surface area contributed by atoms with Crippen LogP contribution in [0.1, 0.15) is 27.7 Å². The van der Waals surface area contributed by atoms with Crippen LogP contribution in [0.5, 0.6) is 0 Å². The molecular formula is C9H17F3N2S. The van der Waals surface area contributed by atoms with Crippen molar-refractivity contribution < 1.29 is 13.2 Å². The molecule has 0 rings (SSSR count). The lowest BCUT2D eigenvalue weighted by atomic mass is 10.3. The number of rotatable bonds is 3. The van der Waals surface area contributed by atoms with Crippen LogP contribution in [0.4, 0.5) is 13.2 Å². The molecule has 0 unspecified atom stereocenters. The molecule has 0 saturated heterocycles. The summed E-state index contributed by atoms with van der Waals surface area (Å²) in [5.74, 6) is 0. The molecule has 15 heavy (non-hydrogen) atoms. The third kappa shape index (κ3) is 6.54. The Morgan fingerprint density at radius 3 is 2.00 bits per heavy atom. The van der Waals surface area contributed by atoms with E-state index in [1.165, 1.54) is 0 Å². The molecule has 90 valence electrons. The molecule has 0 bridgehead atoms. The Morgan fingerprint density at radius 1 is 1.27 bits per heavy atom. The van der Waals surface area contributed by atoms with Gasteiger partial charge in [0.15, 0.2) is 5.11 Å². The van der Waals surface area contributed by atoms with Gasteiger partial charge in [-0.25, -0.2) is 0 Å². The molecular weight excluding hydrogens is 225 g/mol. The molecule has 2 nitrogen and oxygen atoms in total. The molecule has 0 amide bonds. The first-order chi connectivity index (χ1) is 6.63. The molecule has 0 atom stereocenters. The van der Waals surface area contributed by atoms with E-state index >= 15 is 0 Å². The van der Waals surface area contributed by atoms with Gasteiger partial charge in [-0.05, 0) is 39.9 Å². The van der Waals surface area contributed by atoms with Gasteiger partial charge in [-0.15, -0.1) is 0 Å². The number of hydrogen-bond acceptors (Lipinski definition) is 1. The van der Waals surface area contributed by atoms with Crippen molar-refractivity contribution in [3.63, 3.8) is 0 Å². The molecule has 6 heteroatoms. The van der Waals surface area contributed by atoms with E-state index in [-0.39, 0.29) is 17.2 Å². The van der Waals surface area contributed by atoms with Crippen LogP contribution in [0.15, 0.2) is 0 Å². The molecule has 0 fully saturated rings. The van der Waals surface area contributed by atoms with E-state index in [2.05, 4.69) is 5.32 Å². The highest BCUT2D eigenvalue weighted by Crippen LogP contribution is 2.18. The minimum absolute atomic E-state index is 0.0342. The lowest BCUT2D eigenvalue weighted by Crippen LogP contribution is -2.49. The third-order valence-electron chi connectivity index (χ3n) is 1.65. The fraction of sp³-hybridized carbons (Fsp3) is 0.889. The third-order valence-corrected chi connectivity index (χ3v) is 2.00. The van der Waals surface area contributed by atoms with Crippen molar-refractivity contribution in [1.82, 2.24) is 10.2 Å². The maximum absolute atomic E-state index is 12.2. The van der Waals surface area contributed by atoms with Crippen molar-refractivity contribution in [2.24, 2.45) is 0 Å². The molecule has 1 N–H and O–H groups in total. The maximum Gasteiger partial charge on any atom is 0.406 e. The van der Waals surface area contributed by atoms with Gasteiger partial charge in [-0.1, -0.05) is 0 Å². The molecule has 0 aromatic carbocycles. The number of hydrogen-bond donors (Lipinski definition) is 1. The Hall–Kier alpha value is -0.520. The van der Waals surface area contributed by atoms with Crippen LogP contribution >= 0.6 is 12.2 Å². The first-order valence-corrected chi connectivity index (χ1v) is 5.18. The van der Waals surface area contributed by atoms with Crippen LogP contribution in [0.2, 0.25) is 0 Å². The van der Waals surface area contributed by atoms with E-state index in [1.807, 2.05) is 13.8 Å². The van der Waals surface area contributed by atoms with Crippen LogP contribution in [0.25, 0.3) is 0 Å². The van der Waals surface area contributed by atoms with Gasteiger partial charge in [0, 0.05) is 12.1 Å². The zero-order valence-electron chi connectivity index (χ0n) is 9.35. The Balaban J connectivity index is 4.46. The summed E-state index contributed by atoms with van der Waals surface area (Å²) in [6.45, 7) is 6.01. The molecule has 0 aliphatic rings. The standard InChI is InChI=1S/C9H17F3N2S/c1-6(2)13-8(15)14(7(3)4)5-9(10,11)12/h6-7H,5H2,1-4H3,(H,13,15). The zero-order chi connectivity index (χ0) is 12.2. The van der Waals surface area contributed by atoms with Crippen LogP contribution in [-0.4, -0.2) is 34.8 Å². The molecule has 0 aliphatic heterocycles. The quantitative estimate of drug-likeness (QED) is 0.766. The van der Waals surface area contributed by atoms with Gasteiger partial charge >= 0.3 is 6.18 Å². The van der Waals surface area contributed by atoms with Crippen molar-refractivity contribution in [1.29, 1.82) is 0 Å². The predicted octanol–water partition coefficient (Wildman–Crippen LogP) is 2.54. The second-order valence-corrected chi connectivity index (χ2v) is 4.33.